The van der Waals surface area contributed by atoms with Gasteiger partial charge in [-0.3, -0.25) is 15.1 Å². The van der Waals surface area contributed by atoms with Gasteiger partial charge in [0.25, 0.3) is 0 Å². The fraction of sp³-hybridized carbons (Fsp3) is 0.875. The monoisotopic (exact) mass is 187 g/mol. The van der Waals surface area contributed by atoms with Crippen LogP contribution in [-0.4, -0.2) is 41.7 Å². The summed E-state index contributed by atoms with van der Waals surface area (Å²) >= 11 is 0. The Balaban J connectivity index is 2.33. The number of carbonyl (C=O) groups is 1. The van der Waals surface area contributed by atoms with Crippen LogP contribution in [0.5, 0.6) is 0 Å². The van der Waals surface area contributed by atoms with Gasteiger partial charge in [-0.25, -0.2) is 5.84 Å². The van der Waals surface area contributed by atoms with Crippen LogP contribution < -0.4 is 11.3 Å². The van der Waals surface area contributed by atoms with Crippen LogP contribution in [0.1, 0.15) is 13.3 Å². The van der Waals surface area contributed by atoms with Gasteiger partial charge in [0.1, 0.15) is 0 Å². The Hall–Kier alpha value is -0.650. The molecule has 0 aromatic rings. The lowest BCUT2D eigenvalue weighted by molar-refractivity contribution is -0.123. The zero-order valence-electron chi connectivity index (χ0n) is 7.86. The van der Waals surface area contributed by atoms with E-state index < -0.39 is 0 Å². The van der Waals surface area contributed by atoms with Crippen molar-refractivity contribution in [3.05, 3.63) is 0 Å². The van der Waals surface area contributed by atoms with Gasteiger partial charge in [0, 0.05) is 13.1 Å². The van der Waals surface area contributed by atoms with Gasteiger partial charge in [0.2, 0.25) is 5.91 Å². The van der Waals surface area contributed by atoms with E-state index in [0.29, 0.717) is 6.54 Å². The van der Waals surface area contributed by atoms with Gasteiger partial charge in [0.05, 0.1) is 12.6 Å². The highest BCUT2D eigenvalue weighted by molar-refractivity contribution is 5.77. The number of aliphatic hydroxyl groups is 1. The maximum absolute atomic E-state index is 10.9. The molecule has 1 amide bonds. The van der Waals surface area contributed by atoms with E-state index in [0.717, 1.165) is 19.5 Å². The molecule has 0 aliphatic carbocycles. The molecule has 13 heavy (non-hydrogen) atoms. The molecule has 0 spiro atoms. The lowest BCUT2D eigenvalue weighted by Crippen LogP contribution is -2.47. The third-order valence-corrected chi connectivity index (χ3v) is 2.47. The molecule has 4 N–H and O–H groups in total. The first kappa shape index (κ1) is 10.4. The molecule has 2 atom stereocenters. The fourth-order valence-electron chi connectivity index (χ4n) is 1.61. The van der Waals surface area contributed by atoms with Crippen molar-refractivity contribution in [2.45, 2.75) is 19.4 Å². The van der Waals surface area contributed by atoms with Crippen molar-refractivity contribution in [3.63, 3.8) is 0 Å². The molecule has 2 unspecified atom stereocenters. The highest BCUT2D eigenvalue weighted by Crippen LogP contribution is 2.15. The Kier molecular flexibility index (Phi) is 3.65. The Labute approximate surface area is 77.9 Å². The van der Waals surface area contributed by atoms with Crippen LogP contribution in [0.15, 0.2) is 0 Å². The second-order valence-corrected chi connectivity index (χ2v) is 3.64. The topological polar surface area (TPSA) is 78.6 Å². The standard InChI is InChI=1S/C8H17N3O2/c1-6-4-11(3-2-7(6)12)5-8(13)10-9/h6-7,12H,2-5,9H2,1H3,(H,10,13). The molecule has 5 heteroatoms. The maximum Gasteiger partial charge on any atom is 0.248 e. The third-order valence-electron chi connectivity index (χ3n) is 2.47. The summed E-state index contributed by atoms with van der Waals surface area (Å²) in [6, 6.07) is 0. The minimum Gasteiger partial charge on any atom is -0.393 e. The summed E-state index contributed by atoms with van der Waals surface area (Å²) < 4.78 is 0. The zero-order valence-corrected chi connectivity index (χ0v) is 7.86. The minimum atomic E-state index is -0.225. The predicted molar refractivity (Wildman–Crippen MR) is 48.6 cm³/mol. The van der Waals surface area contributed by atoms with E-state index in [-0.39, 0.29) is 17.9 Å². The van der Waals surface area contributed by atoms with Gasteiger partial charge in [-0.2, -0.15) is 0 Å². The van der Waals surface area contributed by atoms with Crippen LogP contribution in [0, 0.1) is 5.92 Å². The Morgan fingerprint density at radius 3 is 3.00 bits per heavy atom. The van der Waals surface area contributed by atoms with Crippen molar-refractivity contribution >= 4 is 5.91 Å². The van der Waals surface area contributed by atoms with E-state index in [9.17, 15) is 9.90 Å². The number of hydrogen-bond acceptors (Lipinski definition) is 4. The Bertz CT molecular complexity index is 186. The summed E-state index contributed by atoms with van der Waals surface area (Å²) in [5.41, 5.74) is 2.10. The van der Waals surface area contributed by atoms with Gasteiger partial charge in [0.15, 0.2) is 0 Å². The molecule has 1 aliphatic rings. The molecule has 1 saturated heterocycles. The number of hydrogen-bond donors (Lipinski definition) is 3. The molecule has 76 valence electrons. The summed E-state index contributed by atoms with van der Waals surface area (Å²) in [5, 5.41) is 9.43. The van der Waals surface area contributed by atoms with Crippen molar-refractivity contribution in [3.8, 4) is 0 Å². The SMILES string of the molecule is CC1CN(CC(=O)NN)CCC1O. The van der Waals surface area contributed by atoms with E-state index in [1.807, 2.05) is 11.8 Å². The first-order valence-electron chi connectivity index (χ1n) is 4.53. The fourth-order valence-corrected chi connectivity index (χ4v) is 1.61. The van der Waals surface area contributed by atoms with Crippen molar-refractivity contribution < 1.29 is 9.90 Å². The molecule has 0 saturated carbocycles. The first-order chi connectivity index (χ1) is 6.13. The molecule has 0 bridgehead atoms. The number of nitrogens with one attached hydrogen (secondary N) is 1. The summed E-state index contributed by atoms with van der Waals surface area (Å²) in [6.07, 6.45) is 0.510. The van der Waals surface area contributed by atoms with E-state index in [1.165, 1.54) is 0 Å². The maximum atomic E-state index is 10.9. The first-order valence-corrected chi connectivity index (χ1v) is 4.53. The van der Waals surface area contributed by atoms with E-state index in [4.69, 9.17) is 5.84 Å². The lowest BCUT2D eigenvalue weighted by Gasteiger charge is -2.33. The average Bonchev–Trinajstić information content (AvgIpc) is 2.11. The molecule has 0 radical (unpaired) electrons. The van der Waals surface area contributed by atoms with Crippen molar-refractivity contribution in [2.75, 3.05) is 19.6 Å². The number of hydrazine groups is 1. The number of aliphatic hydroxyl groups excluding tert-OH is 1. The van der Waals surface area contributed by atoms with Crippen molar-refractivity contribution in [2.24, 2.45) is 11.8 Å². The third kappa shape index (κ3) is 2.95. The molecular formula is C8H17N3O2. The van der Waals surface area contributed by atoms with E-state index in [1.54, 1.807) is 0 Å². The normalized spacial score (nSPS) is 30.1. The highest BCUT2D eigenvalue weighted by Gasteiger charge is 2.24. The quantitative estimate of drug-likeness (QED) is 0.284. The van der Waals surface area contributed by atoms with Crippen LogP contribution >= 0.6 is 0 Å². The summed E-state index contributed by atoms with van der Waals surface area (Å²) in [5.74, 6) is 5.03. The van der Waals surface area contributed by atoms with Crippen molar-refractivity contribution in [1.29, 1.82) is 0 Å². The van der Waals surface area contributed by atoms with Crippen molar-refractivity contribution in [1.82, 2.24) is 10.3 Å². The summed E-state index contributed by atoms with van der Waals surface area (Å²) in [7, 11) is 0. The van der Waals surface area contributed by atoms with Gasteiger partial charge in [-0.1, -0.05) is 6.92 Å². The molecule has 1 rings (SSSR count). The van der Waals surface area contributed by atoms with Gasteiger partial charge >= 0.3 is 0 Å². The number of likely N-dealkylation sites (tertiary alicyclic amines) is 1. The predicted octanol–water partition coefficient (Wildman–Crippen LogP) is -1.32. The number of piperidine rings is 1. The molecule has 1 heterocycles. The number of carbonyl (C=O) groups excluding carboxylic acids is 1. The van der Waals surface area contributed by atoms with E-state index in [2.05, 4.69) is 5.43 Å². The minimum absolute atomic E-state index is 0.177. The lowest BCUT2D eigenvalue weighted by atomic mass is 9.97. The number of nitrogens with zero attached hydrogens (tertiary/aromatic N) is 1. The Morgan fingerprint density at radius 1 is 1.77 bits per heavy atom. The summed E-state index contributed by atoms with van der Waals surface area (Å²) in [6.45, 7) is 3.83. The molecular weight excluding hydrogens is 170 g/mol. The van der Waals surface area contributed by atoms with Crippen LogP contribution in [0.4, 0.5) is 0 Å². The second-order valence-electron chi connectivity index (χ2n) is 3.64. The largest absolute Gasteiger partial charge is 0.393 e. The smallest absolute Gasteiger partial charge is 0.248 e. The molecule has 1 fully saturated rings. The molecule has 0 aromatic heterocycles. The van der Waals surface area contributed by atoms with E-state index >= 15 is 0 Å². The molecule has 1 aliphatic heterocycles. The van der Waals surface area contributed by atoms with Gasteiger partial charge < -0.3 is 5.11 Å². The number of amides is 1. The number of nitrogens with two attached hydrogens (primary N) is 1. The van der Waals surface area contributed by atoms with Crippen LogP contribution in [-0.2, 0) is 4.79 Å². The average molecular weight is 187 g/mol. The van der Waals surface area contributed by atoms with Gasteiger partial charge in [-0.15, -0.1) is 0 Å². The van der Waals surface area contributed by atoms with Crippen LogP contribution in [0.25, 0.3) is 0 Å². The van der Waals surface area contributed by atoms with Crippen LogP contribution in [0.3, 0.4) is 0 Å². The van der Waals surface area contributed by atoms with Crippen LogP contribution in [0.2, 0.25) is 0 Å². The summed E-state index contributed by atoms with van der Waals surface area (Å²) in [4.78, 5) is 12.9. The second kappa shape index (κ2) is 4.55. The number of rotatable bonds is 2. The molecule has 5 nitrogen and oxygen atoms in total. The highest BCUT2D eigenvalue weighted by atomic mass is 16.3. The van der Waals surface area contributed by atoms with Gasteiger partial charge in [-0.05, 0) is 12.3 Å². The zero-order chi connectivity index (χ0) is 9.84. The molecule has 0 aromatic carbocycles. The Morgan fingerprint density at radius 2 is 2.46 bits per heavy atom.